The fourth-order valence-corrected chi connectivity index (χ4v) is 3.33. The predicted molar refractivity (Wildman–Crippen MR) is 118 cm³/mol. The highest BCUT2D eigenvalue weighted by molar-refractivity contribution is 6.10. The first-order valence-electron chi connectivity index (χ1n) is 10.2. The number of para-hydroxylation sites is 1. The lowest BCUT2D eigenvalue weighted by Crippen LogP contribution is -2.37. The summed E-state index contributed by atoms with van der Waals surface area (Å²) in [6.45, 7) is 3.34. The Bertz CT molecular complexity index is 892. The van der Waals surface area contributed by atoms with Crippen LogP contribution in [-0.4, -0.2) is 45.3 Å². The van der Waals surface area contributed by atoms with E-state index in [2.05, 4.69) is 28.6 Å². The summed E-state index contributed by atoms with van der Waals surface area (Å²) >= 11 is 0. The van der Waals surface area contributed by atoms with E-state index in [-0.39, 0.29) is 12.0 Å². The average molecular weight is 412 g/mol. The molecule has 0 radical (unpaired) electrons. The minimum absolute atomic E-state index is 0.0844. The molecule has 0 aromatic heterocycles. The molecule has 0 spiro atoms. The number of aryl methyl sites for hydroxylation is 1. The average Bonchev–Trinajstić information content (AvgIpc) is 3.31. The first-order valence-corrected chi connectivity index (χ1v) is 10.2. The Balaban J connectivity index is 1.80. The van der Waals surface area contributed by atoms with E-state index in [9.17, 15) is 4.79 Å². The SMILES string of the molecule is CCc1ccccc1NC(=NC[C@H]1CCCO1)NC(=O)c1ccc(OC)c(OC)c1. The number of hydrogen-bond donors (Lipinski definition) is 2. The Labute approximate surface area is 177 Å². The molecular weight excluding hydrogens is 382 g/mol. The van der Waals surface area contributed by atoms with Crippen molar-refractivity contribution in [2.75, 3.05) is 32.7 Å². The summed E-state index contributed by atoms with van der Waals surface area (Å²) < 4.78 is 16.2. The number of nitrogens with one attached hydrogen (secondary N) is 2. The third-order valence-electron chi connectivity index (χ3n) is 5.01. The predicted octanol–water partition coefficient (Wildman–Crippen LogP) is 3.64. The molecular formula is C23H29N3O4. The molecule has 0 aliphatic carbocycles. The van der Waals surface area contributed by atoms with Crippen LogP contribution in [0.2, 0.25) is 0 Å². The molecule has 1 aliphatic heterocycles. The smallest absolute Gasteiger partial charge is 0.258 e. The fraction of sp³-hybridized carbons (Fsp3) is 0.391. The molecule has 160 valence electrons. The van der Waals surface area contributed by atoms with Gasteiger partial charge in [0.05, 0.1) is 26.9 Å². The summed E-state index contributed by atoms with van der Waals surface area (Å²) in [5.74, 6) is 1.17. The standard InChI is InChI=1S/C23H29N3O4/c1-4-16-8-5-6-10-19(16)25-23(24-15-18-9-7-13-30-18)26-22(27)17-11-12-20(28-2)21(14-17)29-3/h5-6,8,10-12,14,18H,4,7,9,13,15H2,1-3H3,(H2,24,25,26,27)/t18-/m1/s1. The Morgan fingerprint density at radius 3 is 2.67 bits per heavy atom. The van der Waals surface area contributed by atoms with Crippen molar-refractivity contribution in [1.29, 1.82) is 0 Å². The molecule has 7 heteroatoms. The summed E-state index contributed by atoms with van der Waals surface area (Å²) in [5.41, 5.74) is 2.50. The first-order chi connectivity index (χ1) is 14.6. The molecule has 2 aromatic carbocycles. The second-order valence-electron chi connectivity index (χ2n) is 6.98. The van der Waals surface area contributed by atoms with Crippen LogP contribution >= 0.6 is 0 Å². The summed E-state index contributed by atoms with van der Waals surface area (Å²) in [7, 11) is 3.10. The van der Waals surface area contributed by atoms with Crippen molar-refractivity contribution in [3.05, 3.63) is 53.6 Å². The first kappa shape index (κ1) is 21.6. The van der Waals surface area contributed by atoms with Gasteiger partial charge in [0.15, 0.2) is 11.5 Å². The quantitative estimate of drug-likeness (QED) is 0.537. The Morgan fingerprint density at radius 2 is 1.97 bits per heavy atom. The van der Waals surface area contributed by atoms with Crippen LogP contribution in [0.4, 0.5) is 5.69 Å². The lowest BCUT2D eigenvalue weighted by atomic mass is 10.1. The molecule has 2 aromatic rings. The van der Waals surface area contributed by atoms with E-state index in [0.29, 0.717) is 29.6 Å². The maximum atomic E-state index is 12.9. The molecule has 30 heavy (non-hydrogen) atoms. The van der Waals surface area contributed by atoms with Gasteiger partial charge in [0.1, 0.15) is 0 Å². The number of aliphatic imine (C=N–C) groups is 1. The zero-order valence-electron chi connectivity index (χ0n) is 17.7. The van der Waals surface area contributed by atoms with E-state index >= 15 is 0 Å². The molecule has 0 unspecified atom stereocenters. The van der Waals surface area contributed by atoms with Crippen molar-refractivity contribution in [2.24, 2.45) is 4.99 Å². The highest BCUT2D eigenvalue weighted by Crippen LogP contribution is 2.27. The van der Waals surface area contributed by atoms with Gasteiger partial charge >= 0.3 is 0 Å². The highest BCUT2D eigenvalue weighted by Gasteiger charge is 2.17. The molecule has 0 bridgehead atoms. The summed E-state index contributed by atoms with van der Waals surface area (Å²) in [4.78, 5) is 17.5. The third kappa shape index (κ3) is 5.51. The molecule has 1 fully saturated rings. The van der Waals surface area contributed by atoms with Gasteiger partial charge in [0, 0.05) is 17.9 Å². The van der Waals surface area contributed by atoms with E-state index < -0.39 is 0 Å². The van der Waals surface area contributed by atoms with Crippen molar-refractivity contribution >= 4 is 17.6 Å². The van der Waals surface area contributed by atoms with Gasteiger partial charge in [0.2, 0.25) is 5.96 Å². The minimum Gasteiger partial charge on any atom is -0.493 e. The van der Waals surface area contributed by atoms with Gasteiger partial charge in [-0.2, -0.15) is 0 Å². The number of nitrogens with zero attached hydrogens (tertiary/aromatic N) is 1. The number of carbonyl (C=O) groups is 1. The zero-order valence-corrected chi connectivity index (χ0v) is 17.7. The molecule has 1 saturated heterocycles. The molecule has 1 heterocycles. The molecule has 7 nitrogen and oxygen atoms in total. The van der Waals surface area contributed by atoms with E-state index in [0.717, 1.165) is 37.1 Å². The van der Waals surface area contributed by atoms with Crippen LogP contribution in [-0.2, 0) is 11.2 Å². The van der Waals surface area contributed by atoms with Crippen LogP contribution < -0.4 is 20.1 Å². The maximum absolute atomic E-state index is 12.9. The van der Waals surface area contributed by atoms with Crippen LogP contribution in [0.3, 0.4) is 0 Å². The number of guanidine groups is 1. The lowest BCUT2D eigenvalue weighted by molar-refractivity contribution is 0.0975. The third-order valence-corrected chi connectivity index (χ3v) is 5.01. The van der Waals surface area contributed by atoms with Crippen LogP contribution in [0.1, 0.15) is 35.7 Å². The Kier molecular flexibility index (Phi) is 7.68. The van der Waals surface area contributed by atoms with Gasteiger partial charge in [-0.1, -0.05) is 25.1 Å². The van der Waals surface area contributed by atoms with E-state index in [1.54, 1.807) is 25.3 Å². The summed E-state index contributed by atoms with van der Waals surface area (Å²) in [6.07, 6.45) is 2.97. The number of carbonyl (C=O) groups excluding carboxylic acids is 1. The van der Waals surface area contributed by atoms with E-state index in [1.807, 2.05) is 18.2 Å². The van der Waals surface area contributed by atoms with Gasteiger partial charge in [-0.25, -0.2) is 4.99 Å². The van der Waals surface area contributed by atoms with Crippen molar-refractivity contribution in [3.63, 3.8) is 0 Å². The van der Waals surface area contributed by atoms with Crippen molar-refractivity contribution in [3.8, 4) is 11.5 Å². The van der Waals surface area contributed by atoms with Crippen LogP contribution in [0.25, 0.3) is 0 Å². The second kappa shape index (κ2) is 10.6. The number of benzene rings is 2. The number of ether oxygens (including phenoxy) is 3. The van der Waals surface area contributed by atoms with Crippen LogP contribution in [0, 0.1) is 0 Å². The molecule has 3 rings (SSSR count). The van der Waals surface area contributed by atoms with Gasteiger partial charge in [-0.3, -0.25) is 10.1 Å². The monoisotopic (exact) mass is 411 g/mol. The normalized spacial score (nSPS) is 16.2. The van der Waals surface area contributed by atoms with Gasteiger partial charge in [0.25, 0.3) is 5.91 Å². The van der Waals surface area contributed by atoms with Gasteiger partial charge in [-0.15, -0.1) is 0 Å². The number of amides is 1. The number of hydrogen-bond acceptors (Lipinski definition) is 5. The minimum atomic E-state index is -0.288. The topological polar surface area (TPSA) is 81.2 Å². The van der Waals surface area contributed by atoms with Crippen molar-refractivity contribution in [2.45, 2.75) is 32.3 Å². The molecule has 1 amide bonds. The van der Waals surface area contributed by atoms with Gasteiger partial charge in [-0.05, 0) is 49.1 Å². The van der Waals surface area contributed by atoms with Gasteiger partial charge < -0.3 is 19.5 Å². The molecule has 1 aliphatic rings. The number of rotatable bonds is 7. The molecule has 2 N–H and O–H groups in total. The Hall–Kier alpha value is -3.06. The fourth-order valence-electron chi connectivity index (χ4n) is 3.33. The van der Waals surface area contributed by atoms with Crippen LogP contribution in [0.15, 0.2) is 47.5 Å². The molecule has 0 saturated carbocycles. The van der Waals surface area contributed by atoms with E-state index in [4.69, 9.17) is 14.2 Å². The molecule has 1 atom stereocenters. The number of anilines is 1. The number of methoxy groups -OCH3 is 2. The Morgan fingerprint density at radius 1 is 1.17 bits per heavy atom. The maximum Gasteiger partial charge on any atom is 0.258 e. The van der Waals surface area contributed by atoms with Crippen LogP contribution in [0.5, 0.6) is 11.5 Å². The van der Waals surface area contributed by atoms with E-state index in [1.165, 1.54) is 7.11 Å². The summed E-state index contributed by atoms with van der Waals surface area (Å²) in [6, 6.07) is 13.0. The van der Waals surface area contributed by atoms with Crippen molar-refractivity contribution in [1.82, 2.24) is 5.32 Å². The lowest BCUT2D eigenvalue weighted by Gasteiger charge is -2.16. The largest absolute Gasteiger partial charge is 0.493 e. The van der Waals surface area contributed by atoms with Crippen molar-refractivity contribution < 1.29 is 19.0 Å². The second-order valence-corrected chi connectivity index (χ2v) is 6.98. The zero-order chi connectivity index (χ0) is 21.3. The highest BCUT2D eigenvalue weighted by atomic mass is 16.5. The summed E-state index contributed by atoms with van der Waals surface area (Å²) in [5, 5.41) is 6.17.